The minimum Gasteiger partial charge on any atom is -0.378 e. The lowest BCUT2D eigenvalue weighted by Gasteiger charge is -2.19. The molecule has 1 unspecified atom stereocenters. The minimum absolute atomic E-state index is 0.160. The van der Waals surface area contributed by atoms with Crippen LogP contribution in [-0.2, 0) is 11.3 Å². The fourth-order valence-electron chi connectivity index (χ4n) is 2.50. The standard InChI is InChI=1S/C16H22ClFN2O2/c1-20(8-2-4-14-5-3-9-22-14)16(21)19-11-12-6-7-13(18)10-15(12)17/h6-7,10,14H,2-5,8-9,11H2,1H3,(H,19,21). The van der Waals surface area contributed by atoms with Gasteiger partial charge in [0, 0.05) is 31.8 Å². The Bertz CT molecular complexity index is 507. The van der Waals surface area contributed by atoms with Crippen molar-refractivity contribution >= 4 is 17.6 Å². The zero-order valence-electron chi connectivity index (χ0n) is 12.8. The Morgan fingerprint density at radius 2 is 2.36 bits per heavy atom. The van der Waals surface area contributed by atoms with Crippen LogP contribution in [0.3, 0.4) is 0 Å². The van der Waals surface area contributed by atoms with Crippen LogP contribution in [0.1, 0.15) is 31.2 Å². The van der Waals surface area contributed by atoms with E-state index in [0.29, 0.717) is 23.2 Å². The lowest BCUT2D eigenvalue weighted by Crippen LogP contribution is -2.37. The van der Waals surface area contributed by atoms with E-state index in [1.165, 1.54) is 12.1 Å². The van der Waals surface area contributed by atoms with Gasteiger partial charge in [0.15, 0.2) is 0 Å². The molecule has 1 N–H and O–H groups in total. The van der Waals surface area contributed by atoms with Gasteiger partial charge in [-0.15, -0.1) is 0 Å². The molecule has 1 aliphatic heterocycles. The molecule has 1 atom stereocenters. The van der Waals surface area contributed by atoms with Gasteiger partial charge in [-0.3, -0.25) is 0 Å². The third kappa shape index (κ3) is 5.14. The number of amides is 2. The smallest absolute Gasteiger partial charge is 0.317 e. The van der Waals surface area contributed by atoms with Crippen LogP contribution in [-0.4, -0.2) is 37.2 Å². The summed E-state index contributed by atoms with van der Waals surface area (Å²) in [6.07, 6.45) is 4.53. The third-order valence-electron chi connectivity index (χ3n) is 3.84. The van der Waals surface area contributed by atoms with Crippen molar-refractivity contribution < 1.29 is 13.9 Å². The van der Waals surface area contributed by atoms with Gasteiger partial charge in [-0.1, -0.05) is 17.7 Å². The molecule has 122 valence electrons. The van der Waals surface area contributed by atoms with Crippen molar-refractivity contribution in [3.63, 3.8) is 0 Å². The number of halogens is 2. The zero-order chi connectivity index (χ0) is 15.9. The summed E-state index contributed by atoms with van der Waals surface area (Å²) in [6, 6.07) is 4.00. The van der Waals surface area contributed by atoms with Crippen LogP contribution in [0.5, 0.6) is 0 Å². The molecule has 2 amide bonds. The highest BCUT2D eigenvalue weighted by Gasteiger charge is 2.16. The molecule has 1 fully saturated rings. The number of nitrogens with zero attached hydrogens (tertiary/aromatic N) is 1. The predicted molar refractivity (Wildman–Crippen MR) is 84.5 cm³/mol. The highest BCUT2D eigenvalue weighted by atomic mass is 35.5. The maximum atomic E-state index is 13.0. The average molecular weight is 329 g/mol. The maximum absolute atomic E-state index is 13.0. The van der Waals surface area contributed by atoms with Crippen molar-refractivity contribution in [2.24, 2.45) is 0 Å². The van der Waals surface area contributed by atoms with Gasteiger partial charge in [-0.2, -0.15) is 0 Å². The molecule has 4 nitrogen and oxygen atoms in total. The Hall–Kier alpha value is -1.33. The summed E-state index contributed by atoms with van der Waals surface area (Å²) in [7, 11) is 1.76. The lowest BCUT2D eigenvalue weighted by molar-refractivity contribution is 0.100. The number of benzene rings is 1. The summed E-state index contributed by atoms with van der Waals surface area (Å²) in [4.78, 5) is 13.6. The van der Waals surface area contributed by atoms with Crippen molar-refractivity contribution in [1.29, 1.82) is 0 Å². The van der Waals surface area contributed by atoms with Gasteiger partial charge in [-0.05, 0) is 43.4 Å². The molecule has 0 radical (unpaired) electrons. The number of carbonyl (C=O) groups is 1. The number of nitrogens with one attached hydrogen (secondary N) is 1. The molecule has 0 spiro atoms. The van der Waals surface area contributed by atoms with E-state index >= 15 is 0 Å². The Balaban J connectivity index is 1.69. The predicted octanol–water partition coefficient (Wildman–Crippen LogP) is 3.58. The van der Waals surface area contributed by atoms with Gasteiger partial charge in [0.1, 0.15) is 5.82 Å². The van der Waals surface area contributed by atoms with Crippen molar-refractivity contribution in [3.8, 4) is 0 Å². The Kier molecular flexibility index (Phi) is 6.46. The molecule has 0 aliphatic carbocycles. The van der Waals surface area contributed by atoms with E-state index < -0.39 is 0 Å². The molecule has 2 rings (SSSR count). The van der Waals surface area contributed by atoms with E-state index in [0.717, 1.165) is 32.3 Å². The SMILES string of the molecule is CN(CCCC1CCCO1)C(=O)NCc1ccc(F)cc1Cl. The van der Waals surface area contributed by atoms with Gasteiger partial charge in [0.25, 0.3) is 0 Å². The molecule has 6 heteroatoms. The monoisotopic (exact) mass is 328 g/mol. The highest BCUT2D eigenvalue weighted by Crippen LogP contribution is 2.18. The topological polar surface area (TPSA) is 41.6 Å². The van der Waals surface area contributed by atoms with Crippen molar-refractivity contribution in [2.45, 2.75) is 38.3 Å². The van der Waals surface area contributed by atoms with Crippen LogP contribution in [0.2, 0.25) is 5.02 Å². The van der Waals surface area contributed by atoms with Crippen LogP contribution < -0.4 is 5.32 Å². The van der Waals surface area contributed by atoms with Gasteiger partial charge >= 0.3 is 6.03 Å². The number of carbonyl (C=O) groups excluding carboxylic acids is 1. The van der Waals surface area contributed by atoms with E-state index in [-0.39, 0.29) is 18.4 Å². The van der Waals surface area contributed by atoms with Crippen LogP contribution in [0.4, 0.5) is 9.18 Å². The maximum Gasteiger partial charge on any atom is 0.317 e. The molecular formula is C16H22ClFN2O2. The Morgan fingerprint density at radius 1 is 1.55 bits per heavy atom. The molecule has 1 aromatic rings. The lowest BCUT2D eigenvalue weighted by atomic mass is 10.1. The van der Waals surface area contributed by atoms with Gasteiger partial charge in [0.05, 0.1) is 6.10 Å². The molecule has 1 heterocycles. The van der Waals surface area contributed by atoms with Gasteiger partial charge in [-0.25, -0.2) is 9.18 Å². The summed E-state index contributed by atoms with van der Waals surface area (Å²) < 4.78 is 18.5. The second kappa shape index (κ2) is 8.34. The van der Waals surface area contributed by atoms with Crippen molar-refractivity contribution in [1.82, 2.24) is 10.2 Å². The first kappa shape index (κ1) is 17.0. The number of urea groups is 1. The van der Waals surface area contributed by atoms with Crippen molar-refractivity contribution in [2.75, 3.05) is 20.2 Å². The molecule has 22 heavy (non-hydrogen) atoms. The van der Waals surface area contributed by atoms with Crippen LogP contribution in [0, 0.1) is 5.82 Å². The number of rotatable bonds is 6. The molecule has 1 aromatic carbocycles. The second-order valence-electron chi connectivity index (χ2n) is 5.59. The normalized spacial score (nSPS) is 17.5. The van der Waals surface area contributed by atoms with E-state index in [9.17, 15) is 9.18 Å². The largest absolute Gasteiger partial charge is 0.378 e. The van der Waals surface area contributed by atoms with E-state index in [1.54, 1.807) is 18.0 Å². The van der Waals surface area contributed by atoms with Gasteiger partial charge < -0.3 is 15.0 Å². The highest BCUT2D eigenvalue weighted by molar-refractivity contribution is 6.31. The molecule has 1 aliphatic rings. The Labute approximate surface area is 135 Å². The first-order valence-electron chi connectivity index (χ1n) is 7.61. The van der Waals surface area contributed by atoms with Crippen LogP contribution in [0.25, 0.3) is 0 Å². The van der Waals surface area contributed by atoms with Crippen LogP contribution >= 0.6 is 11.6 Å². The molecule has 0 aromatic heterocycles. The summed E-state index contributed by atoms with van der Waals surface area (Å²) in [5.74, 6) is -0.383. The molecule has 1 saturated heterocycles. The first-order valence-corrected chi connectivity index (χ1v) is 7.98. The van der Waals surface area contributed by atoms with Crippen molar-refractivity contribution in [3.05, 3.63) is 34.6 Å². The van der Waals surface area contributed by atoms with E-state index in [2.05, 4.69) is 5.32 Å². The number of hydrogen-bond donors (Lipinski definition) is 1. The molecule has 0 bridgehead atoms. The quantitative estimate of drug-likeness (QED) is 0.867. The second-order valence-corrected chi connectivity index (χ2v) is 6.00. The molecule has 0 saturated carbocycles. The van der Waals surface area contributed by atoms with E-state index in [4.69, 9.17) is 16.3 Å². The number of ether oxygens (including phenoxy) is 1. The molecular weight excluding hydrogens is 307 g/mol. The fraction of sp³-hybridized carbons (Fsp3) is 0.562. The first-order chi connectivity index (χ1) is 10.6. The average Bonchev–Trinajstić information content (AvgIpc) is 2.99. The van der Waals surface area contributed by atoms with Gasteiger partial charge in [0.2, 0.25) is 0 Å². The summed E-state index contributed by atoms with van der Waals surface area (Å²) in [6.45, 7) is 1.83. The summed E-state index contributed by atoms with van der Waals surface area (Å²) >= 11 is 5.93. The summed E-state index contributed by atoms with van der Waals surface area (Å²) in [5.41, 5.74) is 0.698. The third-order valence-corrected chi connectivity index (χ3v) is 4.19. The van der Waals surface area contributed by atoms with Crippen LogP contribution in [0.15, 0.2) is 18.2 Å². The Morgan fingerprint density at radius 3 is 3.05 bits per heavy atom. The fourth-order valence-corrected chi connectivity index (χ4v) is 2.73. The van der Waals surface area contributed by atoms with E-state index in [1.807, 2.05) is 0 Å². The zero-order valence-corrected chi connectivity index (χ0v) is 13.5. The summed E-state index contributed by atoms with van der Waals surface area (Å²) in [5, 5.41) is 3.11. The minimum atomic E-state index is -0.383. The number of hydrogen-bond acceptors (Lipinski definition) is 2.